The molecule has 0 bridgehead atoms. The molecule has 184 valence electrons. The molecule has 1 heterocycles. The molecule has 0 saturated heterocycles. The van der Waals surface area contributed by atoms with Crippen LogP contribution < -0.4 is 19.1 Å². The lowest BCUT2D eigenvalue weighted by Gasteiger charge is -2.19. The van der Waals surface area contributed by atoms with Gasteiger partial charge in [-0.3, -0.25) is 9.36 Å². The second-order valence-electron chi connectivity index (χ2n) is 7.87. The molecule has 35 heavy (non-hydrogen) atoms. The molecule has 0 fully saturated rings. The van der Waals surface area contributed by atoms with Crippen LogP contribution in [-0.4, -0.2) is 27.2 Å². The van der Waals surface area contributed by atoms with Gasteiger partial charge in [-0.25, -0.2) is 13.1 Å². The van der Waals surface area contributed by atoms with E-state index in [4.69, 9.17) is 21.1 Å². The van der Waals surface area contributed by atoms with Crippen molar-refractivity contribution in [2.45, 2.75) is 30.8 Å². The number of nitrogens with one attached hydrogen (secondary N) is 1. The molecule has 0 radical (unpaired) electrons. The minimum absolute atomic E-state index is 0.0927. The second-order valence-corrected chi connectivity index (χ2v) is 11.0. The standard InChI is InChI=1S/C25H25ClN2O5S2/c1-4-20(16-9-12-22(32-2)23(13-16)33-3)27-35(30,31)18-10-11-21-24(14-18)34-25(29)28(21)15-17-7-5-6-8-19(17)26/h5-14,20,27H,4,15H2,1-3H3. The maximum Gasteiger partial charge on any atom is 0.308 e. The van der Waals surface area contributed by atoms with Crippen LogP contribution in [0.15, 0.2) is 70.4 Å². The Morgan fingerprint density at radius 3 is 2.46 bits per heavy atom. The zero-order valence-corrected chi connectivity index (χ0v) is 21.8. The van der Waals surface area contributed by atoms with Crippen LogP contribution in [0.2, 0.25) is 5.02 Å². The number of benzene rings is 3. The molecule has 0 aliphatic carbocycles. The number of sulfonamides is 1. The average molecular weight is 533 g/mol. The van der Waals surface area contributed by atoms with Crippen molar-refractivity contribution in [2.24, 2.45) is 0 Å². The first-order valence-corrected chi connectivity index (χ1v) is 13.6. The highest BCUT2D eigenvalue weighted by atomic mass is 35.5. The molecular formula is C25H25ClN2O5S2. The average Bonchev–Trinajstić information content (AvgIpc) is 3.17. The van der Waals surface area contributed by atoms with Crippen LogP contribution in [0.4, 0.5) is 0 Å². The molecule has 7 nitrogen and oxygen atoms in total. The van der Waals surface area contributed by atoms with Crippen molar-refractivity contribution in [3.63, 3.8) is 0 Å². The van der Waals surface area contributed by atoms with Crippen LogP contribution in [0, 0.1) is 0 Å². The fourth-order valence-corrected chi connectivity index (χ4v) is 6.41. The Kier molecular flexibility index (Phi) is 7.51. The van der Waals surface area contributed by atoms with E-state index in [1.807, 2.05) is 31.2 Å². The Bertz CT molecular complexity index is 1530. The van der Waals surface area contributed by atoms with E-state index in [1.165, 1.54) is 19.2 Å². The van der Waals surface area contributed by atoms with Gasteiger partial charge >= 0.3 is 4.87 Å². The summed E-state index contributed by atoms with van der Waals surface area (Å²) in [7, 11) is -0.785. The fourth-order valence-electron chi connectivity index (χ4n) is 3.87. The lowest BCUT2D eigenvalue weighted by molar-refractivity contribution is 0.354. The number of hydrogen-bond acceptors (Lipinski definition) is 6. The smallest absolute Gasteiger partial charge is 0.308 e. The number of aromatic nitrogens is 1. The first kappa shape index (κ1) is 25.2. The summed E-state index contributed by atoms with van der Waals surface area (Å²) in [4.78, 5) is 12.6. The number of ether oxygens (including phenoxy) is 2. The second kappa shape index (κ2) is 10.4. The van der Waals surface area contributed by atoms with Gasteiger partial charge in [0.1, 0.15) is 0 Å². The predicted molar refractivity (Wildman–Crippen MR) is 140 cm³/mol. The molecule has 0 saturated carbocycles. The molecule has 1 aromatic heterocycles. The zero-order chi connectivity index (χ0) is 25.2. The van der Waals surface area contributed by atoms with Crippen LogP contribution in [0.3, 0.4) is 0 Å². The molecule has 1 unspecified atom stereocenters. The quantitative estimate of drug-likeness (QED) is 0.320. The van der Waals surface area contributed by atoms with E-state index < -0.39 is 16.1 Å². The van der Waals surface area contributed by atoms with Gasteiger partial charge in [-0.2, -0.15) is 0 Å². The number of thiazole rings is 1. The number of fused-ring (bicyclic) bond motifs is 1. The molecule has 1 N–H and O–H groups in total. The van der Waals surface area contributed by atoms with Gasteiger partial charge in [-0.05, 0) is 53.9 Å². The summed E-state index contributed by atoms with van der Waals surface area (Å²) in [6.45, 7) is 2.20. The highest BCUT2D eigenvalue weighted by Gasteiger charge is 2.23. The van der Waals surface area contributed by atoms with Crippen LogP contribution in [0.5, 0.6) is 11.5 Å². The molecule has 4 aromatic rings. The Morgan fingerprint density at radius 1 is 1.03 bits per heavy atom. The molecule has 1 atom stereocenters. The first-order valence-electron chi connectivity index (χ1n) is 10.9. The third-order valence-electron chi connectivity index (χ3n) is 5.75. The van der Waals surface area contributed by atoms with Gasteiger partial charge < -0.3 is 9.47 Å². The van der Waals surface area contributed by atoms with Gasteiger partial charge in [-0.15, -0.1) is 0 Å². The van der Waals surface area contributed by atoms with Crippen LogP contribution in [0.1, 0.15) is 30.5 Å². The molecule has 0 spiro atoms. The van der Waals surface area contributed by atoms with E-state index in [2.05, 4.69) is 4.72 Å². The van der Waals surface area contributed by atoms with E-state index in [1.54, 1.807) is 35.9 Å². The number of halogens is 1. The Balaban J connectivity index is 1.64. The van der Waals surface area contributed by atoms with E-state index in [-0.39, 0.29) is 9.77 Å². The third kappa shape index (κ3) is 5.23. The van der Waals surface area contributed by atoms with Gasteiger partial charge in [0.25, 0.3) is 0 Å². The number of nitrogens with zero attached hydrogens (tertiary/aromatic N) is 1. The van der Waals surface area contributed by atoms with Crippen LogP contribution >= 0.6 is 22.9 Å². The fraction of sp³-hybridized carbons (Fsp3) is 0.240. The monoisotopic (exact) mass is 532 g/mol. The molecular weight excluding hydrogens is 508 g/mol. The van der Waals surface area contributed by atoms with E-state index in [0.29, 0.717) is 39.7 Å². The summed E-state index contributed by atoms with van der Waals surface area (Å²) in [6, 6.07) is 16.9. The van der Waals surface area contributed by atoms with Crippen molar-refractivity contribution >= 4 is 43.2 Å². The summed E-state index contributed by atoms with van der Waals surface area (Å²) in [5, 5.41) is 0.572. The molecule has 0 aliphatic heterocycles. The highest BCUT2D eigenvalue weighted by Crippen LogP contribution is 2.32. The van der Waals surface area contributed by atoms with Gasteiger partial charge in [0.2, 0.25) is 10.0 Å². The van der Waals surface area contributed by atoms with Gasteiger partial charge in [0.15, 0.2) is 11.5 Å². The van der Waals surface area contributed by atoms with Gasteiger partial charge in [0, 0.05) is 11.1 Å². The summed E-state index contributed by atoms with van der Waals surface area (Å²) >= 11 is 7.27. The number of methoxy groups -OCH3 is 2. The molecule has 3 aromatic carbocycles. The van der Waals surface area contributed by atoms with Crippen molar-refractivity contribution in [1.29, 1.82) is 0 Å². The summed E-state index contributed by atoms with van der Waals surface area (Å²) < 4.78 is 42.1. The van der Waals surface area contributed by atoms with Crippen molar-refractivity contribution in [1.82, 2.24) is 9.29 Å². The topological polar surface area (TPSA) is 86.6 Å². The minimum Gasteiger partial charge on any atom is -0.493 e. The maximum absolute atomic E-state index is 13.3. The summed E-state index contributed by atoms with van der Waals surface area (Å²) in [5.41, 5.74) is 2.23. The lowest BCUT2D eigenvalue weighted by atomic mass is 10.1. The summed E-state index contributed by atoms with van der Waals surface area (Å²) in [5.74, 6) is 1.09. The third-order valence-corrected chi connectivity index (χ3v) is 8.53. The Labute approximate surface area is 212 Å². The maximum atomic E-state index is 13.3. The molecule has 10 heteroatoms. The van der Waals surface area contributed by atoms with Crippen LogP contribution in [0.25, 0.3) is 10.2 Å². The predicted octanol–water partition coefficient (Wildman–Crippen LogP) is 5.21. The highest BCUT2D eigenvalue weighted by molar-refractivity contribution is 7.89. The van der Waals surface area contributed by atoms with Gasteiger partial charge in [-0.1, -0.05) is 54.1 Å². The normalized spacial score (nSPS) is 12.6. The van der Waals surface area contributed by atoms with Crippen LogP contribution in [-0.2, 0) is 16.6 Å². The number of rotatable bonds is 9. The van der Waals surface area contributed by atoms with E-state index >= 15 is 0 Å². The SMILES string of the molecule is CCC(NS(=O)(=O)c1ccc2c(c1)sc(=O)n2Cc1ccccc1Cl)c1ccc(OC)c(OC)c1. The van der Waals surface area contributed by atoms with E-state index in [0.717, 1.165) is 22.5 Å². The molecule has 4 rings (SSSR count). The zero-order valence-electron chi connectivity index (χ0n) is 19.4. The molecule has 0 amide bonds. The minimum atomic E-state index is -3.86. The molecule has 0 aliphatic rings. The van der Waals surface area contributed by atoms with E-state index in [9.17, 15) is 13.2 Å². The number of hydrogen-bond donors (Lipinski definition) is 1. The van der Waals surface area contributed by atoms with Crippen molar-refractivity contribution in [2.75, 3.05) is 14.2 Å². The first-order chi connectivity index (χ1) is 16.8. The van der Waals surface area contributed by atoms with Crippen molar-refractivity contribution in [3.8, 4) is 11.5 Å². The largest absolute Gasteiger partial charge is 0.493 e. The van der Waals surface area contributed by atoms with Crippen molar-refractivity contribution in [3.05, 3.63) is 86.5 Å². The Morgan fingerprint density at radius 2 is 1.77 bits per heavy atom. The van der Waals surface area contributed by atoms with Crippen molar-refractivity contribution < 1.29 is 17.9 Å². The summed E-state index contributed by atoms with van der Waals surface area (Å²) in [6.07, 6.45) is 0.526. The lowest BCUT2D eigenvalue weighted by Crippen LogP contribution is -2.28. The van der Waals surface area contributed by atoms with Gasteiger partial charge in [0.05, 0.1) is 35.9 Å². The Hall–Kier alpha value is -2.85.